The first-order chi connectivity index (χ1) is 12.6. The van der Waals surface area contributed by atoms with Crippen LogP contribution in [0.2, 0.25) is 0 Å². The predicted octanol–water partition coefficient (Wildman–Crippen LogP) is 2.37. The molecule has 1 atom stereocenters. The van der Waals surface area contributed by atoms with Gasteiger partial charge in [0.25, 0.3) is 0 Å². The molecule has 0 radical (unpaired) electrons. The zero-order chi connectivity index (χ0) is 18.4. The monoisotopic (exact) mass is 358 g/mol. The van der Waals surface area contributed by atoms with Crippen LogP contribution < -0.4 is 0 Å². The third kappa shape index (κ3) is 4.70. The van der Waals surface area contributed by atoms with Gasteiger partial charge in [-0.25, -0.2) is 4.98 Å². The maximum Gasteiger partial charge on any atom is 0.305 e. The molecular weight excluding hydrogens is 336 g/mol. The summed E-state index contributed by atoms with van der Waals surface area (Å²) in [6, 6.07) is 9.33. The van der Waals surface area contributed by atoms with Crippen LogP contribution in [0.3, 0.4) is 0 Å². The zero-order valence-electron chi connectivity index (χ0n) is 14.5. The molecule has 0 saturated carbocycles. The van der Waals surface area contributed by atoms with E-state index in [4.69, 9.17) is 14.3 Å². The molecule has 2 aromatic rings. The van der Waals surface area contributed by atoms with Crippen molar-refractivity contribution in [3.63, 3.8) is 0 Å². The van der Waals surface area contributed by atoms with Crippen molar-refractivity contribution in [2.45, 2.75) is 31.7 Å². The number of rotatable bonds is 7. The maximum atomic E-state index is 12.4. The minimum Gasteiger partial charge on any atom is -0.481 e. The van der Waals surface area contributed by atoms with E-state index in [2.05, 4.69) is 4.98 Å². The highest BCUT2D eigenvalue weighted by atomic mass is 16.5. The van der Waals surface area contributed by atoms with Crippen molar-refractivity contribution in [2.24, 2.45) is 0 Å². The van der Waals surface area contributed by atoms with Crippen molar-refractivity contribution < 1.29 is 23.8 Å². The van der Waals surface area contributed by atoms with E-state index in [9.17, 15) is 9.59 Å². The number of benzene rings is 1. The van der Waals surface area contributed by atoms with Crippen LogP contribution in [0.15, 0.2) is 40.9 Å². The number of carboxylic acids is 1. The van der Waals surface area contributed by atoms with Gasteiger partial charge in [0, 0.05) is 24.9 Å². The molecule has 1 aliphatic rings. The molecule has 26 heavy (non-hydrogen) atoms. The molecule has 2 heterocycles. The van der Waals surface area contributed by atoms with E-state index < -0.39 is 5.97 Å². The van der Waals surface area contributed by atoms with Gasteiger partial charge in [-0.05, 0) is 6.42 Å². The van der Waals surface area contributed by atoms with E-state index in [0.29, 0.717) is 44.1 Å². The molecule has 138 valence electrons. The molecule has 1 saturated heterocycles. The Hall–Kier alpha value is -2.67. The maximum absolute atomic E-state index is 12.4. The van der Waals surface area contributed by atoms with E-state index in [0.717, 1.165) is 5.56 Å². The second kappa shape index (κ2) is 8.62. The Balaban J connectivity index is 1.50. The van der Waals surface area contributed by atoms with Crippen LogP contribution in [0.25, 0.3) is 11.3 Å². The molecule has 0 bridgehead atoms. The van der Waals surface area contributed by atoms with Crippen LogP contribution >= 0.6 is 0 Å². The van der Waals surface area contributed by atoms with E-state index in [-0.39, 0.29) is 25.0 Å². The van der Waals surface area contributed by atoms with Crippen LogP contribution in [0.5, 0.6) is 0 Å². The average molecular weight is 358 g/mol. The molecule has 0 spiro atoms. The summed E-state index contributed by atoms with van der Waals surface area (Å²) >= 11 is 0. The lowest BCUT2D eigenvalue weighted by Gasteiger charge is -2.34. The fraction of sp³-hybridized carbons (Fsp3) is 0.421. The van der Waals surface area contributed by atoms with Crippen molar-refractivity contribution in [1.29, 1.82) is 0 Å². The van der Waals surface area contributed by atoms with Gasteiger partial charge in [-0.3, -0.25) is 9.59 Å². The summed E-state index contributed by atoms with van der Waals surface area (Å²) in [5, 5.41) is 8.97. The zero-order valence-corrected chi connectivity index (χ0v) is 14.5. The Kier molecular flexibility index (Phi) is 6.01. The fourth-order valence-electron chi connectivity index (χ4n) is 3.05. The van der Waals surface area contributed by atoms with Gasteiger partial charge in [0.2, 0.25) is 5.91 Å². The van der Waals surface area contributed by atoms with Crippen molar-refractivity contribution in [3.8, 4) is 11.3 Å². The number of ether oxygens (including phenoxy) is 1. The Morgan fingerprint density at radius 2 is 2.08 bits per heavy atom. The van der Waals surface area contributed by atoms with Gasteiger partial charge in [-0.2, -0.15) is 0 Å². The van der Waals surface area contributed by atoms with E-state index in [1.165, 1.54) is 0 Å². The molecular formula is C19H22N2O5. The number of nitrogens with zero attached hydrogens (tertiary/aromatic N) is 2. The molecule has 3 rings (SSSR count). The first-order valence-electron chi connectivity index (χ1n) is 8.72. The average Bonchev–Trinajstić information content (AvgIpc) is 3.11. The molecule has 0 aliphatic carbocycles. The van der Waals surface area contributed by atoms with Crippen molar-refractivity contribution in [3.05, 3.63) is 42.4 Å². The van der Waals surface area contributed by atoms with Gasteiger partial charge in [-0.1, -0.05) is 30.3 Å². The summed E-state index contributed by atoms with van der Waals surface area (Å²) in [5.41, 5.74) is 0.965. The lowest BCUT2D eigenvalue weighted by Crippen LogP contribution is -2.49. The minimum absolute atomic E-state index is 0.0469. The number of amides is 1. The topological polar surface area (TPSA) is 92.9 Å². The summed E-state index contributed by atoms with van der Waals surface area (Å²) < 4.78 is 11.0. The molecule has 1 unspecified atom stereocenters. The Labute approximate surface area is 151 Å². The van der Waals surface area contributed by atoms with Crippen LogP contribution in [-0.2, 0) is 20.7 Å². The molecule has 1 aliphatic heterocycles. The highest BCUT2D eigenvalue weighted by molar-refractivity contribution is 5.77. The summed E-state index contributed by atoms with van der Waals surface area (Å²) in [4.78, 5) is 29.3. The minimum atomic E-state index is -0.925. The normalized spacial score (nSPS) is 17.2. The van der Waals surface area contributed by atoms with Gasteiger partial charge in [0.15, 0.2) is 11.7 Å². The number of aryl methyl sites for hydroxylation is 1. The van der Waals surface area contributed by atoms with Gasteiger partial charge >= 0.3 is 5.97 Å². The third-order valence-corrected chi connectivity index (χ3v) is 4.35. The Bertz CT molecular complexity index is 743. The predicted molar refractivity (Wildman–Crippen MR) is 93.4 cm³/mol. The van der Waals surface area contributed by atoms with Crippen molar-refractivity contribution in [2.75, 3.05) is 19.8 Å². The van der Waals surface area contributed by atoms with Gasteiger partial charge in [0.05, 0.1) is 31.9 Å². The van der Waals surface area contributed by atoms with Crippen LogP contribution in [-0.4, -0.2) is 52.7 Å². The molecule has 1 aromatic heterocycles. The molecule has 7 nitrogen and oxygen atoms in total. The highest BCUT2D eigenvalue weighted by Crippen LogP contribution is 2.21. The number of aromatic nitrogens is 1. The number of hydrogen-bond acceptors (Lipinski definition) is 5. The van der Waals surface area contributed by atoms with E-state index >= 15 is 0 Å². The van der Waals surface area contributed by atoms with Crippen molar-refractivity contribution >= 4 is 11.9 Å². The molecule has 7 heteroatoms. The fourth-order valence-corrected chi connectivity index (χ4v) is 3.05. The first-order valence-corrected chi connectivity index (χ1v) is 8.72. The largest absolute Gasteiger partial charge is 0.481 e. The van der Waals surface area contributed by atoms with E-state index in [1.54, 1.807) is 11.1 Å². The summed E-state index contributed by atoms with van der Waals surface area (Å²) in [6.45, 7) is 1.16. The van der Waals surface area contributed by atoms with Gasteiger partial charge in [0.1, 0.15) is 0 Å². The molecule has 1 fully saturated rings. The number of carboxylic acid groups (broad SMARTS) is 1. The number of carbonyl (C=O) groups is 2. The second-order valence-corrected chi connectivity index (χ2v) is 6.25. The van der Waals surface area contributed by atoms with Gasteiger partial charge in [-0.15, -0.1) is 0 Å². The summed E-state index contributed by atoms with van der Waals surface area (Å²) in [6.07, 6.45) is 3.10. The van der Waals surface area contributed by atoms with Crippen LogP contribution in [0.4, 0.5) is 0 Å². The lowest BCUT2D eigenvalue weighted by molar-refractivity contribution is -0.146. The molecule has 1 N–H and O–H groups in total. The number of carbonyl (C=O) groups excluding carboxylic acids is 1. The van der Waals surface area contributed by atoms with Crippen molar-refractivity contribution in [1.82, 2.24) is 9.88 Å². The number of aliphatic carboxylic acids is 1. The smallest absolute Gasteiger partial charge is 0.305 e. The Morgan fingerprint density at radius 1 is 1.27 bits per heavy atom. The van der Waals surface area contributed by atoms with Crippen LogP contribution in [0.1, 0.15) is 25.2 Å². The van der Waals surface area contributed by atoms with Gasteiger partial charge < -0.3 is 19.2 Å². The first kappa shape index (κ1) is 18.1. The van der Waals surface area contributed by atoms with E-state index in [1.807, 2.05) is 30.3 Å². The Morgan fingerprint density at radius 3 is 2.85 bits per heavy atom. The summed E-state index contributed by atoms with van der Waals surface area (Å²) in [7, 11) is 0. The quantitative estimate of drug-likeness (QED) is 0.817. The SMILES string of the molecule is O=C(O)CC1COCCN1C(=O)CCCc1ncc(-c2ccccc2)o1. The number of morpholine rings is 1. The second-order valence-electron chi connectivity index (χ2n) is 6.25. The third-order valence-electron chi connectivity index (χ3n) is 4.35. The standard InChI is InChI=1S/C19H22N2O5/c22-18(21-9-10-25-13-15(21)11-19(23)24)8-4-7-17-20-12-16(26-17)14-5-2-1-3-6-14/h1-3,5-6,12,15H,4,7-11,13H2,(H,23,24). The number of oxazole rings is 1. The molecule has 1 amide bonds. The summed E-state index contributed by atoms with van der Waals surface area (Å²) in [5.74, 6) is 0.336. The number of hydrogen-bond donors (Lipinski definition) is 1. The van der Waals surface area contributed by atoms with Crippen LogP contribution in [0, 0.1) is 0 Å². The molecule has 1 aromatic carbocycles. The highest BCUT2D eigenvalue weighted by Gasteiger charge is 2.28. The lowest BCUT2D eigenvalue weighted by atomic mass is 10.1.